The van der Waals surface area contributed by atoms with Crippen LogP contribution in [0.1, 0.15) is 17.2 Å². The molecule has 1 aromatic carbocycles. The highest BCUT2D eigenvalue weighted by molar-refractivity contribution is 7.98. The first kappa shape index (κ1) is 13.3. The molecule has 0 radical (unpaired) electrons. The summed E-state index contributed by atoms with van der Waals surface area (Å²) in [6.07, 6.45) is 0. The average Bonchev–Trinajstić information content (AvgIpc) is 3.07. The number of hydrogen-bond acceptors (Lipinski definition) is 4. The lowest BCUT2D eigenvalue weighted by Gasteiger charge is -1.97. The Labute approximate surface area is 131 Å². The fraction of sp³-hybridized carbons (Fsp3) is 0.200. The average molecular weight is 311 g/mol. The maximum Gasteiger partial charge on any atom is 0.263 e. The van der Waals surface area contributed by atoms with Gasteiger partial charge in [-0.3, -0.25) is 0 Å². The number of thioether (sulfide) groups is 1. The predicted octanol–water partition coefficient (Wildman–Crippen LogP) is 2.33. The Morgan fingerprint density at radius 1 is 1.23 bits per heavy atom. The van der Waals surface area contributed by atoms with Crippen LogP contribution in [0.3, 0.4) is 0 Å². The fourth-order valence-corrected chi connectivity index (χ4v) is 3.18. The molecule has 4 rings (SSSR count). The highest BCUT2D eigenvalue weighted by atomic mass is 32.2. The van der Waals surface area contributed by atoms with Crippen LogP contribution in [0, 0.1) is 13.8 Å². The van der Waals surface area contributed by atoms with Crippen molar-refractivity contribution < 1.29 is 4.98 Å². The number of fused-ring (bicyclic) bond motifs is 2. The molecule has 2 N–H and O–H groups in total. The Morgan fingerprint density at radius 2 is 2.09 bits per heavy atom. The molecule has 4 aromatic rings. The maximum absolute atomic E-state index is 4.50. The molecular formula is C15H15N6S+. The summed E-state index contributed by atoms with van der Waals surface area (Å²) in [5.41, 5.74) is 4.21. The molecule has 0 bridgehead atoms. The van der Waals surface area contributed by atoms with Gasteiger partial charge in [0.05, 0.1) is 0 Å². The smallest absolute Gasteiger partial charge is 0.240 e. The van der Waals surface area contributed by atoms with Crippen LogP contribution in [0.2, 0.25) is 0 Å². The topological polar surface area (TPSA) is 73.0 Å². The Kier molecular flexibility index (Phi) is 3.07. The van der Waals surface area contributed by atoms with Crippen LogP contribution in [0.15, 0.2) is 35.5 Å². The van der Waals surface area contributed by atoms with Gasteiger partial charge in [0.1, 0.15) is 5.75 Å². The van der Waals surface area contributed by atoms with Crippen molar-refractivity contribution in [2.45, 2.75) is 24.8 Å². The molecule has 7 heteroatoms. The molecule has 0 aliphatic rings. The van der Waals surface area contributed by atoms with Crippen molar-refractivity contribution in [1.82, 2.24) is 24.6 Å². The molecule has 22 heavy (non-hydrogen) atoms. The molecule has 0 spiro atoms. The van der Waals surface area contributed by atoms with Gasteiger partial charge in [-0.1, -0.05) is 23.9 Å². The van der Waals surface area contributed by atoms with Crippen molar-refractivity contribution >= 4 is 28.6 Å². The predicted molar refractivity (Wildman–Crippen MR) is 84.7 cm³/mol. The summed E-state index contributed by atoms with van der Waals surface area (Å²) in [4.78, 5) is 15.6. The summed E-state index contributed by atoms with van der Waals surface area (Å²) < 4.78 is 1.78. The first-order valence-corrected chi connectivity index (χ1v) is 8.00. The normalized spacial score (nSPS) is 11.5. The van der Waals surface area contributed by atoms with Crippen LogP contribution in [0.4, 0.5) is 0 Å². The molecule has 0 aliphatic heterocycles. The fourth-order valence-electron chi connectivity index (χ4n) is 2.48. The summed E-state index contributed by atoms with van der Waals surface area (Å²) >= 11 is 1.58. The number of aryl methyl sites for hydroxylation is 2. The SMILES string of the molecule is Cc1cc(C)n2nc(SCc3[nH]c4ccccc4[nH+]3)nc2n1. The van der Waals surface area contributed by atoms with Crippen LogP contribution >= 0.6 is 11.8 Å². The van der Waals surface area contributed by atoms with Crippen LogP contribution in [0.25, 0.3) is 16.8 Å². The molecule has 6 nitrogen and oxygen atoms in total. The minimum absolute atomic E-state index is 0.653. The van der Waals surface area contributed by atoms with Gasteiger partial charge in [0, 0.05) is 11.4 Å². The number of nitrogens with zero attached hydrogens (tertiary/aromatic N) is 4. The van der Waals surface area contributed by atoms with Crippen molar-refractivity contribution in [3.63, 3.8) is 0 Å². The Morgan fingerprint density at radius 3 is 2.95 bits per heavy atom. The minimum atomic E-state index is 0.653. The van der Waals surface area contributed by atoms with Gasteiger partial charge in [0.15, 0.2) is 11.0 Å². The quantitative estimate of drug-likeness (QED) is 0.589. The highest BCUT2D eigenvalue weighted by Crippen LogP contribution is 2.19. The minimum Gasteiger partial charge on any atom is -0.240 e. The van der Waals surface area contributed by atoms with E-state index in [2.05, 4.69) is 37.2 Å². The van der Waals surface area contributed by atoms with E-state index >= 15 is 0 Å². The van der Waals surface area contributed by atoms with E-state index in [-0.39, 0.29) is 0 Å². The third kappa shape index (κ3) is 2.33. The van der Waals surface area contributed by atoms with Gasteiger partial charge < -0.3 is 0 Å². The molecule has 3 heterocycles. The van der Waals surface area contributed by atoms with E-state index in [4.69, 9.17) is 0 Å². The number of rotatable bonds is 3. The largest absolute Gasteiger partial charge is 0.263 e. The van der Waals surface area contributed by atoms with E-state index in [0.717, 1.165) is 39.2 Å². The van der Waals surface area contributed by atoms with Crippen molar-refractivity contribution in [2.24, 2.45) is 0 Å². The van der Waals surface area contributed by atoms with Gasteiger partial charge in [-0.05, 0) is 32.0 Å². The number of aromatic amines is 2. The van der Waals surface area contributed by atoms with E-state index in [1.54, 1.807) is 16.3 Å². The Hall–Kier alpha value is -2.41. The summed E-state index contributed by atoms with van der Waals surface area (Å²) in [7, 11) is 0. The van der Waals surface area contributed by atoms with Crippen molar-refractivity contribution in [3.8, 4) is 0 Å². The Balaban J connectivity index is 1.59. The number of aromatic nitrogens is 6. The second kappa shape index (κ2) is 5.10. The highest BCUT2D eigenvalue weighted by Gasteiger charge is 2.13. The lowest BCUT2D eigenvalue weighted by Crippen LogP contribution is -2.05. The second-order valence-corrected chi connectivity index (χ2v) is 6.15. The van der Waals surface area contributed by atoms with Crippen LogP contribution in [-0.4, -0.2) is 24.6 Å². The zero-order valence-corrected chi connectivity index (χ0v) is 13.1. The van der Waals surface area contributed by atoms with Crippen molar-refractivity contribution in [1.29, 1.82) is 0 Å². The number of H-pyrrole nitrogens is 2. The molecule has 0 amide bonds. The molecule has 110 valence electrons. The number of para-hydroxylation sites is 2. The Bertz CT molecular complexity index is 938. The molecule has 0 aliphatic carbocycles. The van der Waals surface area contributed by atoms with Gasteiger partial charge in [0.25, 0.3) is 11.6 Å². The molecule has 3 aromatic heterocycles. The molecule has 0 saturated carbocycles. The first-order valence-electron chi connectivity index (χ1n) is 7.02. The van der Waals surface area contributed by atoms with Gasteiger partial charge in [-0.2, -0.15) is 4.98 Å². The zero-order chi connectivity index (χ0) is 15.1. The van der Waals surface area contributed by atoms with E-state index in [0.29, 0.717) is 5.78 Å². The first-order chi connectivity index (χ1) is 10.7. The lowest BCUT2D eigenvalue weighted by molar-refractivity contribution is -0.355. The molecule has 0 unspecified atom stereocenters. The van der Waals surface area contributed by atoms with E-state index < -0.39 is 0 Å². The number of benzene rings is 1. The molecular weight excluding hydrogens is 296 g/mol. The number of hydrogen-bond donors (Lipinski definition) is 1. The van der Waals surface area contributed by atoms with E-state index in [1.165, 1.54) is 0 Å². The van der Waals surface area contributed by atoms with Crippen molar-refractivity contribution in [3.05, 3.63) is 47.5 Å². The maximum atomic E-state index is 4.50. The summed E-state index contributed by atoms with van der Waals surface area (Å²) in [6, 6.07) is 10.1. The van der Waals surface area contributed by atoms with Crippen LogP contribution in [0.5, 0.6) is 0 Å². The summed E-state index contributed by atoms with van der Waals surface area (Å²) in [5.74, 6) is 2.45. The third-order valence-corrected chi connectivity index (χ3v) is 4.31. The summed E-state index contributed by atoms with van der Waals surface area (Å²) in [5, 5.41) is 5.23. The van der Waals surface area contributed by atoms with Crippen molar-refractivity contribution in [2.75, 3.05) is 0 Å². The second-order valence-electron chi connectivity index (χ2n) is 5.21. The van der Waals surface area contributed by atoms with Gasteiger partial charge in [0.2, 0.25) is 5.16 Å². The zero-order valence-electron chi connectivity index (χ0n) is 12.3. The van der Waals surface area contributed by atoms with Crippen LogP contribution < -0.4 is 4.98 Å². The molecule has 0 fully saturated rings. The van der Waals surface area contributed by atoms with Crippen LogP contribution in [-0.2, 0) is 5.75 Å². The number of imidazole rings is 1. The summed E-state index contributed by atoms with van der Waals surface area (Å²) in [6.45, 7) is 3.98. The lowest BCUT2D eigenvalue weighted by atomic mass is 10.3. The monoisotopic (exact) mass is 311 g/mol. The van der Waals surface area contributed by atoms with E-state index in [9.17, 15) is 0 Å². The van der Waals surface area contributed by atoms with Gasteiger partial charge in [-0.15, -0.1) is 5.10 Å². The third-order valence-electron chi connectivity index (χ3n) is 3.44. The van der Waals surface area contributed by atoms with Gasteiger partial charge in [-0.25, -0.2) is 19.5 Å². The molecule has 0 saturated heterocycles. The van der Waals surface area contributed by atoms with E-state index in [1.807, 2.05) is 32.0 Å². The number of nitrogens with one attached hydrogen (secondary N) is 2. The van der Waals surface area contributed by atoms with Gasteiger partial charge >= 0.3 is 0 Å². The molecule has 0 atom stereocenters. The standard InChI is InChI=1S/C15H14N6S/c1-9-7-10(2)21-14(16-9)19-15(20-21)22-8-13-17-11-5-3-4-6-12(11)18-13/h3-7H,8H2,1-2H3,(H,17,18)/p+1.